The molecule has 1 aromatic rings. The van der Waals surface area contributed by atoms with Crippen molar-refractivity contribution in [2.45, 2.75) is 116 Å². The summed E-state index contributed by atoms with van der Waals surface area (Å²) in [5, 5.41) is 23.5. The van der Waals surface area contributed by atoms with Crippen molar-refractivity contribution in [2.75, 3.05) is 18.9 Å². The van der Waals surface area contributed by atoms with Gasteiger partial charge in [-0.25, -0.2) is 4.98 Å². The molecule has 4 N–H and O–H groups in total. The number of carboxylic acids is 2. The largest absolute Gasteiger partial charge is 0.481 e. The molecule has 1 aliphatic heterocycles. The predicted octanol–water partition coefficient (Wildman–Crippen LogP) is 5.82. The lowest BCUT2D eigenvalue weighted by molar-refractivity contribution is -0.139. The van der Waals surface area contributed by atoms with Gasteiger partial charge in [-0.1, -0.05) is 70.8 Å². The second-order valence-electron chi connectivity index (χ2n) is 9.24. The minimum Gasteiger partial charge on any atom is -0.481 e. The van der Waals surface area contributed by atoms with Gasteiger partial charge in [0.05, 0.1) is 0 Å². The van der Waals surface area contributed by atoms with Crippen molar-refractivity contribution in [3.05, 3.63) is 23.4 Å². The van der Waals surface area contributed by atoms with E-state index in [4.69, 9.17) is 15.2 Å². The van der Waals surface area contributed by atoms with E-state index < -0.39 is 18.0 Å². The number of aliphatic carboxylic acids is 2. The third kappa shape index (κ3) is 14.2. The van der Waals surface area contributed by atoms with Crippen LogP contribution in [-0.2, 0) is 22.4 Å². The van der Waals surface area contributed by atoms with Crippen LogP contribution in [0.3, 0.4) is 0 Å². The number of pyridine rings is 1. The lowest BCUT2D eigenvalue weighted by atomic mass is 10.0. The van der Waals surface area contributed by atoms with Crippen molar-refractivity contribution in [3.8, 4) is 0 Å². The van der Waals surface area contributed by atoms with E-state index in [1.165, 1.54) is 56.2 Å². The first kappa shape index (κ1) is 29.9. The van der Waals surface area contributed by atoms with Gasteiger partial charge >= 0.3 is 11.9 Å². The Labute approximate surface area is 206 Å². The van der Waals surface area contributed by atoms with Gasteiger partial charge in [-0.3, -0.25) is 9.59 Å². The molecule has 2 rings (SSSR count). The molecule has 0 fully saturated rings. The molecule has 0 radical (unpaired) electrons. The highest BCUT2D eigenvalue weighted by atomic mass is 16.4. The van der Waals surface area contributed by atoms with Crippen LogP contribution in [0.2, 0.25) is 0 Å². The average molecular weight is 478 g/mol. The molecule has 0 saturated carbocycles. The SMILES string of the molecule is CCCCCCCCC(=O)O.CN[C@@H](CCCCCCCc1ccc2c(n1)NCCC2)C(=O)O. The van der Waals surface area contributed by atoms with Crippen LogP contribution in [0.1, 0.15) is 108 Å². The fraction of sp³-hybridized carbons (Fsp3) is 0.741. The molecule has 0 aromatic carbocycles. The summed E-state index contributed by atoms with van der Waals surface area (Å²) < 4.78 is 0. The number of hydrogen-bond acceptors (Lipinski definition) is 5. The summed E-state index contributed by atoms with van der Waals surface area (Å²) in [6.45, 7) is 3.21. The first-order valence-electron chi connectivity index (χ1n) is 13.3. The maximum absolute atomic E-state index is 10.9. The molecule has 0 saturated heterocycles. The number of carbonyl (C=O) groups is 2. The van der Waals surface area contributed by atoms with Crippen LogP contribution in [0.25, 0.3) is 0 Å². The van der Waals surface area contributed by atoms with E-state index in [-0.39, 0.29) is 0 Å². The predicted molar refractivity (Wildman–Crippen MR) is 139 cm³/mol. The minimum atomic E-state index is -0.750. The molecule has 1 aliphatic rings. The first-order valence-corrected chi connectivity index (χ1v) is 13.3. The van der Waals surface area contributed by atoms with E-state index in [9.17, 15) is 9.59 Å². The van der Waals surface area contributed by atoms with E-state index in [1.54, 1.807) is 7.05 Å². The van der Waals surface area contributed by atoms with Crippen molar-refractivity contribution < 1.29 is 19.8 Å². The Morgan fingerprint density at radius 1 is 1.00 bits per heavy atom. The molecule has 0 bridgehead atoms. The first-order chi connectivity index (χ1) is 16.5. The number of hydrogen-bond donors (Lipinski definition) is 4. The van der Waals surface area contributed by atoms with E-state index >= 15 is 0 Å². The van der Waals surface area contributed by atoms with Crippen LogP contribution >= 0.6 is 0 Å². The van der Waals surface area contributed by atoms with Crippen LogP contribution in [0.4, 0.5) is 5.82 Å². The number of nitrogens with one attached hydrogen (secondary N) is 2. The molecule has 34 heavy (non-hydrogen) atoms. The highest BCUT2D eigenvalue weighted by Gasteiger charge is 2.13. The van der Waals surface area contributed by atoms with Crippen LogP contribution in [0.15, 0.2) is 12.1 Å². The molecule has 1 atom stereocenters. The third-order valence-corrected chi connectivity index (χ3v) is 6.27. The molecular weight excluding hydrogens is 430 g/mol. The van der Waals surface area contributed by atoms with Crippen molar-refractivity contribution in [1.29, 1.82) is 0 Å². The Balaban J connectivity index is 0.000000445. The van der Waals surface area contributed by atoms with Gasteiger partial charge in [-0.05, 0) is 57.2 Å². The maximum atomic E-state index is 10.9. The van der Waals surface area contributed by atoms with Gasteiger partial charge in [-0.2, -0.15) is 0 Å². The number of likely N-dealkylation sites (N-methyl/N-ethyl adjacent to an activating group) is 1. The van der Waals surface area contributed by atoms with E-state index in [1.807, 2.05) is 0 Å². The maximum Gasteiger partial charge on any atom is 0.320 e. The number of anilines is 1. The second-order valence-corrected chi connectivity index (χ2v) is 9.24. The van der Waals surface area contributed by atoms with Crippen molar-refractivity contribution in [3.63, 3.8) is 0 Å². The molecule has 2 heterocycles. The Morgan fingerprint density at radius 2 is 1.68 bits per heavy atom. The molecule has 0 aliphatic carbocycles. The summed E-state index contributed by atoms with van der Waals surface area (Å²) in [6, 6.07) is 3.98. The normalized spacial score (nSPS) is 13.2. The van der Waals surface area contributed by atoms with Crippen LogP contribution < -0.4 is 10.6 Å². The average Bonchev–Trinajstić information content (AvgIpc) is 2.83. The molecule has 0 amide bonds. The number of carboxylic acid groups (broad SMARTS) is 2. The smallest absolute Gasteiger partial charge is 0.320 e. The zero-order valence-corrected chi connectivity index (χ0v) is 21.4. The van der Waals surface area contributed by atoms with E-state index in [2.05, 4.69) is 29.7 Å². The van der Waals surface area contributed by atoms with Crippen molar-refractivity contribution >= 4 is 17.8 Å². The summed E-state index contributed by atoms with van der Waals surface area (Å²) in [5.74, 6) is -0.333. The number of unbranched alkanes of at least 4 members (excludes halogenated alkanes) is 9. The third-order valence-electron chi connectivity index (χ3n) is 6.27. The Kier molecular flexibility index (Phi) is 16.9. The van der Waals surface area contributed by atoms with Crippen LogP contribution in [0, 0.1) is 0 Å². The second kappa shape index (κ2) is 19.2. The molecule has 7 heteroatoms. The van der Waals surface area contributed by atoms with Crippen LogP contribution in [0.5, 0.6) is 0 Å². The Bertz CT molecular complexity index is 696. The number of fused-ring (bicyclic) bond motifs is 1. The highest BCUT2D eigenvalue weighted by Crippen LogP contribution is 2.20. The summed E-state index contributed by atoms with van der Waals surface area (Å²) in [4.78, 5) is 25.7. The zero-order chi connectivity index (χ0) is 25.0. The van der Waals surface area contributed by atoms with Crippen molar-refractivity contribution in [1.82, 2.24) is 10.3 Å². The number of nitrogens with zero attached hydrogens (tertiary/aromatic N) is 1. The fourth-order valence-electron chi connectivity index (χ4n) is 4.14. The topological polar surface area (TPSA) is 112 Å². The van der Waals surface area contributed by atoms with Gasteiger partial charge in [0.15, 0.2) is 0 Å². The van der Waals surface area contributed by atoms with Gasteiger partial charge in [0, 0.05) is 18.7 Å². The summed E-state index contributed by atoms with van der Waals surface area (Å²) in [5.41, 5.74) is 2.52. The zero-order valence-electron chi connectivity index (χ0n) is 21.4. The lowest BCUT2D eigenvalue weighted by Crippen LogP contribution is -2.33. The lowest BCUT2D eigenvalue weighted by Gasteiger charge is -2.17. The Morgan fingerprint density at radius 3 is 2.35 bits per heavy atom. The van der Waals surface area contributed by atoms with Gasteiger partial charge in [0.25, 0.3) is 0 Å². The van der Waals surface area contributed by atoms with Crippen molar-refractivity contribution in [2.24, 2.45) is 0 Å². The van der Waals surface area contributed by atoms with Gasteiger partial charge in [0.1, 0.15) is 11.9 Å². The van der Waals surface area contributed by atoms with Gasteiger partial charge in [-0.15, -0.1) is 0 Å². The number of rotatable bonds is 17. The molecular formula is C27H47N3O4. The van der Waals surface area contributed by atoms with Gasteiger partial charge < -0.3 is 20.8 Å². The Hall–Kier alpha value is -2.15. The molecule has 1 aromatic heterocycles. The summed E-state index contributed by atoms with van der Waals surface area (Å²) >= 11 is 0. The molecule has 7 nitrogen and oxygen atoms in total. The van der Waals surface area contributed by atoms with E-state index in [0.29, 0.717) is 12.8 Å². The standard InChI is InChI=1S/C18H29N3O2.C9H18O2/c1-19-16(18(22)23)10-6-4-2-3-5-9-15-12-11-14-8-7-13-20-17(14)21-15;1-2-3-4-5-6-7-8-9(10)11/h11-12,16,19H,2-10,13H2,1H3,(H,20,21)(H,22,23);2-8H2,1H3,(H,10,11)/t16-;/m0./s1. The molecule has 0 unspecified atom stereocenters. The highest BCUT2D eigenvalue weighted by molar-refractivity contribution is 5.73. The van der Waals surface area contributed by atoms with Crippen LogP contribution in [-0.4, -0.2) is 46.8 Å². The quantitative estimate of drug-likeness (QED) is 0.209. The fourth-order valence-corrected chi connectivity index (χ4v) is 4.14. The minimum absolute atomic E-state index is 0.339. The monoisotopic (exact) mass is 477 g/mol. The van der Waals surface area contributed by atoms with E-state index in [0.717, 1.165) is 57.3 Å². The van der Waals surface area contributed by atoms with Gasteiger partial charge in [0.2, 0.25) is 0 Å². The molecule has 0 spiro atoms. The molecule has 194 valence electrons. The summed E-state index contributed by atoms with van der Waals surface area (Å²) in [7, 11) is 1.71. The number of aromatic nitrogens is 1. The summed E-state index contributed by atoms with van der Waals surface area (Å²) in [6.07, 6.45) is 16.9. The number of aryl methyl sites for hydroxylation is 2.